The topological polar surface area (TPSA) is 122 Å². The fourth-order valence-electron chi connectivity index (χ4n) is 0.935. The van der Waals surface area contributed by atoms with Gasteiger partial charge in [0.05, 0.1) is 5.56 Å². The van der Waals surface area contributed by atoms with Crippen LogP contribution < -0.4 is 5.73 Å². The Morgan fingerprint density at radius 3 is 1.81 bits per heavy atom. The first-order valence-corrected chi connectivity index (χ1v) is 5.10. The Kier molecular flexibility index (Phi) is 6.70. The van der Waals surface area contributed by atoms with Crippen LogP contribution >= 0.6 is 0 Å². The summed E-state index contributed by atoms with van der Waals surface area (Å²) in [6, 6.07) is 6.05. The summed E-state index contributed by atoms with van der Waals surface area (Å²) in [6.45, 7) is 0. The first kappa shape index (κ1) is 18.2. The quantitative estimate of drug-likeness (QED) is 0.439. The molecule has 0 bridgehead atoms. The fourth-order valence-corrected chi connectivity index (χ4v) is 0.935. The number of benzene rings is 1. The van der Waals surface area contributed by atoms with Crippen LogP contribution in [0.15, 0.2) is 29.4 Å². The van der Waals surface area contributed by atoms with E-state index in [0.29, 0.717) is 5.56 Å². The molecule has 0 atom stereocenters. The number of rotatable bonds is 3. The van der Waals surface area contributed by atoms with E-state index < -0.39 is 18.1 Å². The van der Waals surface area contributed by atoms with E-state index >= 15 is 0 Å². The molecule has 0 fully saturated rings. The number of amidine groups is 1. The zero-order valence-corrected chi connectivity index (χ0v) is 10.6. The molecule has 4 N–H and O–H groups in total. The van der Waals surface area contributed by atoms with E-state index in [1.807, 2.05) is 0 Å². The molecule has 0 aliphatic carbocycles. The predicted molar refractivity (Wildman–Crippen MR) is 64.8 cm³/mol. The second-order valence-electron chi connectivity index (χ2n) is 3.34. The van der Waals surface area contributed by atoms with E-state index in [2.05, 4.69) is 9.99 Å². The van der Waals surface area contributed by atoms with Crippen LogP contribution in [-0.2, 0) is 9.63 Å². The summed E-state index contributed by atoms with van der Waals surface area (Å²) in [4.78, 5) is 23.9. The van der Waals surface area contributed by atoms with Gasteiger partial charge in [-0.05, 0) is 12.1 Å². The molecule has 7 nitrogen and oxygen atoms in total. The van der Waals surface area contributed by atoms with Crippen molar-refractivity contribution < 1.29 is 37.8 Å². The largest absolute Gasteiger partial charge is 0.490 e. The average Bonchev–Trinajstić information content (AvgIpc) is 2.38. The van der Waals surface area contributed by atoms with Gasteiger partial charge in [0.1, 0.15) is 7.11 Å². The number of oxime groups is 1. The zero-order valence-electron chi connectivity index (χ0n) is 10.6. The molecule has 21 heavy (non-hydrogen) atoms. The van der Waals surface area contributed by atoms with Crippen molar-refractivity contribution in [3.8, 4) is 0 Å². The third kappa shape index (κ3) is 6.80. The predicted octanol–water partition coefficient (Wildman–Crippen LogP) is 1.28. The Bertz CT molecular complexity index is 526. The maximum Gasteiger partial charge on any atom is 0.490 e. The van der Waals surface area contributed by atoms with Gasteiger partial charge < -0.3 is 20.8 Å². The number of carboxylic acid groups (broad SMARTS) is 2. The van der Waals surface area contributed by atoms with Gasteiger partial charge in [0.25, 0.3) is 0 Å². The molecule has 0 saturated carbocycles. The van der Waals surface area contributed by atoms with Crippen molar-refractivity contribution in [2.24, 2.45) is 10.9 Å². The highest BCUT2D eigenvalue weighted by Crippen LogP contribution is 2.13. The van der Waals surface area contributed by atoms with Crippen LogP contribution in [0.4, 0.5) is 13.2 Å². The van der Waals surface area contributed by atoms with E-state index in [1.165, 1.54) is 19.2 Å². The molecule has 116 valence electrons. The highest BCUT2D eigenvalue weighted by molar-refractivity contribution is 5.98. The summed E-state index contributed by atoms with van der Waals surface area (Å²) < 4.78 is 31.7. The third-order valence-corrected chi connectivity index (χ3v) is 1.86. The van der Waals surface area contributed by atoms with Gasteiger partial charge in [-0.2, -0.15) is 13.2 Å². The monoisotopic (exact) mass is 308 g/mol. The van der Waals surface area contributed by atoms with Crippen molar-refractivity contribution >= 4 is 17.8 Å². The SMILES string of the molecule is CO/N=C(\N)c1ccc(C(=O)O)cc1.O=C(O)C(F)(F)F. The molecule has 0 spiro atoms. The normalized spacial score (nSPS) is 11.1. The lowest BCUT2D eigenvalue weighted by atomic mass is 10.1. The van der Waals surface area contributed by atoms with Crippen LogP contribution in [-0.4, -0.2) is 41.3 Å². The Balaban J connectivity index is 0.000000486. The van der Waals surface area contributed by atoms with E-state index in [-0.39, 0.29) is 11.4 Å². The number of hydrogen-bond donors (Lipinski definition) is 3. The lowest BCUT2D eigenvalue weighted by molar-refractivity contribution is -0.192. The molecule has 10 heteroatoms. The molecule has 1 aromatic carbocycles. The minimum absolute atomic E-state index is 0.207. The van der Waals surface area contributed by atoms with Gasteiger partial charge in [-0.25, -0.2) is 9.59 Å². The summed E-state index contributed by atoms with van der Waals surface area (Å²) in [5.74, 6) is -3.52. The molecule has 0 aliphatic heterocycles. The van der Waals surface area contributed by atoms with E-state index in [9.17, 15) is 18.0 Å². The minimum Gasteiger partial charge on any atom is -0.478 e. The molecule has 0 saturated heterocycles. The highest BCUT2D eigenvalue weighted by atomic mass is 19.4. The minimum atomic E-state index is -5.08. The number of halogens is 3. The number of nitrogens with two attached hydrogens (primary N) is 1. The van der Waals surface area contributed by atoms with Gasteiger partial charge in [0, 0.05) is 5.56 Å². The molecule has 0 aliphatic rings. The number of aliphatic carboxylic acids is 1. The van der Waals surface area contributed by atoms with Crippen LogP contribution in [0, 0.1) is 0 Å². The van der Waals surface area contributed by atoms with Crippen LogP contribution in [0.25, 0.3) is 0 Å². The summed E-state index contributed by atoms with van der Waals surface area (Å²) in [5, 5.41) is 19.3. The van der Waals surface area contributed by atoms with Crippen molar-refractivity contribution in [1.82, 2.24) is 0 Å². The standard InChI is InChI=1S/C9H10N2O3.C2HF3O2/c1-14-11-8(10)6-2-4-7(5-3-6)9(12)13;3-2(4,5)1(6)7/h2-5H,1H3,(H2,10,11)(H,12,13);(H,6,7). The van der Waals surface area contributed by atoms with Gasteiger partial charge in [-0.3, -0.25) is 0 Å². The summed E-state index contributed by atoms with van der Waals surface area (Å²) in [6.07, 6.45) is -5.08. The van der Waals surface area contributed by atoms with Gasteiger partial charge in [-0.15, -0.1) is 0 Å². The number of carbonyl (C=O) groups is 2. The van der Waals surface area contributed by atoms with Gasteiger partial charge in [-0.1, -0.05) is 17.3 Å². The Hall–Kier alpha value is -2.78. The van der Waals surface area contributed by atoms with Crippen LogP contribution in [0.1, 0.15) is 15.9 Å². The Morgan fingerprint density at radius 2 is 1.52 bits per heavy atom. The maximum absolute atomic E-state index is 10.6. The molecule has 0 aromatic heterocycles. The Labute approximate surface area is 116 Å². The second kappa shape index (κ2) is 7.72. The number of alkyl halides is 3. The molecular weight excluding hydrogens is 297 g/mol. The van der Waals surface area contributed by atoms with Crippen LogP contribution in [0.2, 0.25) is 0 Å². The van der Waals surface area contributed by atoms with Gasteiger partial charge >= 0.3 is 18.1 Å². The van der Waals surface area contributed by atoms with E-state index in [1.54, 1.807) is 12.1 Å². The summed E-state index contributed by atoms with van der Waals surface area (Å²) >= 11 is 0. The lowest BCUT2D eigenvalue weighted by Gasteiger charge is -1.99. The lowest BCUT2D eigenvalue weighted by Crippen LogP contribution is -2.21. The highest BCUT2D eigenvalue weighted by Gasteiger charge is 2.38. The summed E-state index contributed by atoms with van der Waals surface area (Å²) in [5.41, 5.74) is 6.34. The van der Waals surface area contributed by atoms with Crippen LogP contribution in [0.5, 0.6) is 0 Å². The van der Waals surface area contributed by atoms with E-state index in [4.69, 9.17) is 20.7 Å². The molecule has 0 radical (unpaired) electrons. The number of aromatic carboxylic acids is 1. The molecule has 0 amide bonds. The van der Waals surface area contributed by atoms with Crippen LogP contribution in [0.3, 0.4) is 0 Å². The Morgan fingerprint density at radius 1 is 1.14 bits per heavy atom. The van der Waals surface area contributed by atoms with Crippen molar-refractivity contribution in [3.63, 3.8) is 0 Å². The average molecular weight is 308 g/mol. The zero-order chi connectivity index (χ0) is 16.6. The van der Waals surface area contributed by atoms with Crippen molar-refractivity contribution in [1.29, 1.82) is 0 Å². The maximum atomic E-state index is 10.6. The van der Waals surface area contributed by atoms with Crippen molar-refractivity contribution in [2.75, 3.05) is 7.11 Å². The first-order valence-electron chi connectivity index (χ1n) is 5.10. The smallest absolute Gasteiger partial charge is 0.478 e. The number of hydrogen-bond acceptors (Lipinski definition) is 4. The molecule has 0 unspecified atom stereocenters. The van der Waals surface area contributed by atoms with Gasteiger partial charge in [0.2, 0.25) is 0 Å². The molecular formula is C11H11F3N2O5. The second-order valence-corrected chi connectivity index (χ2v) is 3.34. The summed E-state index contributed by atoms with van der Waals surface area (Å²) in [7, 11) is 1.39. The van der Waals surface area contributed by atoms with Crippen molar-refractivity contribution in [2.45, 2.75) is 6.18 Å². The fraction of sp³-hybridized carbons (Fsp3) is 0.182. The number of nitrogens with zero attached hydrogens (tertiary/aromatic N) is 1. The van der Waals surface area contributed by atoms with E-state index in [0.717, 1.165) is 0 Å². The molecule has 1 aromatic rings. The van der Waals surface area contributed by atoms with Crippen molar-refractivity contribution in [3.05, 3.63) is 35.4 Å². The molecule has 0 heterocycles. The van der Waals surface area contributed by atoms with Gasteiger partial charge in [0.15, 0.2) is 5.84 Å². The number of carboxylic acids is 2. The first-order chi connectivity index (χ1) is 9.59. The molecule has 1 rings (SSSR count). The third-order valence-electron chi connectivity index (χ3n) is 1.86.